The molecule has 2 heterocycles. The number of hydrogen-bond donors (Lipinski definition) is 1. The second kappa shape index (κ2) is 7.32. The number of amides is 1. The molecule has 1 aliphatic rings. The lowest BCUT2D eigenvalue weighted by molar-refractivity contribution is -0.117. The molecule has 0 aliphatic carbocycles. The Morgan fingerprint density at radius 1 is 1.19 bits per heavy atom. The van der Waals surface area contributed by atoms with E-state index in [9.17, 15) is 4.79 Å². The van der Waals surface area contributed by atoms with E-state index in [0.717, 1.165) is 28.5 Å². The van der Waals surface area contributed by atoms with Crippen molar-refractivity contribution in [2.45, 2.75) is 23.9 Å². The molecular formula is C19H18N4O3S. The van der Waals surface area contributed by atoms with E-state index in [1.54, 1.807) is 6.92 Å². The van der Waals surface area contributed by atoms with Crippen LogP contribution in [-0.4, -0.2) is 32.7 Å². The normalized spacial score (nSPS) is 13.5. The first kappa shape index (κ1) is 17.4. The van der Waals surface area contributed by atoms with Gasteiger partial charge in [0.25, 0.3) is 0 Å². The zero-order chi connectivity index (χ0) is 18.8. The Balaban J connectivity index is 1.71. The smallest absolute Gasteiger partial charge is 0.231 e. The molecule has 0 bridgehead atoms. The quantitative estimate of drug-likeness (QED) is 0.659. The fourth-order valence-electron chi connectivity index (χ4n) is 2.76. The van der Waals surface area contributed by atoms with Crippen LogP contribution in [0.5, 0.6) is 11.5 Å². The summed E-state index contributed by atoms with van der Waals surface area (Å²) in [7, 11) is 0. The monoisotopic (exact) mass is 382 g/mol. The lowest BCUT2D eigenvalue weighted by atomic mass is 10.2. The molecule has 27 heavy (non-hydrogen) atoms. The standard InChI is InChI=1S/C19H18N4O3S/c1-12(17(20)24)27-19-22-21-18(14-5-3-2-4-6-14)23(19)10-13-7-8-15-16(9-13)26-11-25-15/h2-9,12H,10-11H2,1H3,(H2,20,24)/t12-/m0/s1. The van der Waals surface area contributed by atoms with Gasteiger partial charge in [0.15, 0.2) is 22.5 Å². The summed E-state index contributed by atoms with van der Waals surface area (Å²) >= 11 is 1.30. The van der Waals surface area contributed by atoms with Crippen molar-refractivity contribution >= 4 is 17.7 Å². The minimum atomic E-state index is -0.409. The largest absolute Gasteiger partial charge is 0.454 e. The molecule has 0 fully saturated rings. The highest BCUT2D eigenvalue weighted by atomic mass is 32.2. The molecular weight excluding hydrogens is 364 g/mol. The summed E-state index contributed by atoms with van der Waals surface area (Å²) in [6, 6.07) is 15.6. The number of benzene rings is 2. The van der Waals surface area contributed by atoms with Gasteiger partial charge in [-0.05, 0) is 24.6 Å². The van der Waals surface area contributed by atoms with Crippen molar-refractivity contribution in [1.82, 2.24) is 14.8 Å². The number of aromatic nitrogens is 3. The summed E-state index contributed by atoms with van der Waals surface area (Å²) in [5, 5.41) is 8.88. The minimum Gasteiger partial charge on any atom is -0.454 e. The van der Waals surface area contributed by atoms with Crippen molar-refractivity contribution in [3.05, 3.63) is 54.1 Å². The van der Waals surface area contributed by atoms with E-state index < -0.39 is 5.25 Å². The molecule has 8 heteroatoms. The third-order valence-electron chi connectivity index (χ3n) is 4.21. The van der Waals surface area contributed by atoms with Gasteiger partial charge < -0.3 is 15.2 Å². The van der Waals surface area contributed by atoms with Crippen LogP contribution in [0.3, 0.4) is 0 Å². The molecule has 3 aromatic rings. The Bertz CT molecular complexity index is 974. The Morgan fingerprint density at radius 3 is 2.74 bits per heavy atom. The number of fused-ring (bicyclic) bond motifs is 1. The maximum atomic E-state index is 11.5. The second-order valence-electron chi connectivity index (χ2n) is 6.11. The van der Waals surface area contributed by atoms with Gasteiger partial charge in [-0.2, -0.15) is 0 Å². The highest BCUT2D eigenvalue weighted by Crippen LogP contribution is 2.34. The minimum absolute atomic E-state index is 0.234. The molecule has 7 nitrogen and oxygen atoms in total. The van der Waals surface area contributed by atoms with Gasteiger partial charge in [-0.25, -0.2) is 0 Å². The average molecular weight is 382 g/mol. The van der Waals surface area contributed by atoms with Gasteiger partial charge in [0.1, 0.15) is 0 Å². The van der Waals surface area contributed by atoms with Crippen LogP contribution < -0.4 is 15.2 Å². The molecule has 0 saturated heterocycles. The fraction of sp³-hybridized carbons (Fsp3) is 0.211. The summed E-state index contributed by atoms with van der Waals surface area (Å²) in [6.07, 6.45) is 0. The van der Waals surface area contributed by atoms with Crippen LogP contribution in [0, 0.1) is 0 Å². The highest BCUT2D eigenvalue weighted by molar-refractivity contribution is 8.00. The van der Waals surface area contributed by atoms with Gasteiger partial charge in [-0.15, -0.1) is 10.2 Å². The molecule has 2 N–H and O–H groups in total. The van der Waals surface area contributed by atoms with Crippen molar-refractivity contribution in [3.8, 4) is 22.9 Å². The zero-order valence-electron chi connectivity index (χ0n) is 14.7. The van der Waals surface area contributed by atoms with E-state index in [0.29, 0.717) is 11.7 Å². The number of nitrogens with zero attached hydrogens (tertiary/aromatic N) is 3. The van der Waals surface area contributed by atoms with E-state index >= 15 is 0 Å². The molecule has 0 unspecified atom stereocenters. The number of rotatable bonds is 6. The first-order valence-corrected chi connectivity index (χ1v) is 9.33. The third kappa shape index (κ3) is 3.61. The number of carbonyl (C=O) groups excluding carboxylic acids is 1. The number of carbonyl (C=O) groups is 1. The molecule has 4 rings (SSSR count). The van der Waals surface area contributed by atoms with Gasteiger partial charge in [0.2, 0.25) is 12.7 Å². The Labute approximate surface area is 160 Å². The number of nitrogens with two attached hydrogens (primary N) is 1. The van der Waals surface area contributed by atoms with Gasteiger partial charge in [0, 0.05) is 5.56 Å². The van der Waals surface area contributed by atoms with Crippen molar-refractivity contribution in [3.63, 3.8) is 0 Å². The molecule has 2 aromatic carbocycles. The average Bonchev–Trinajstić information content (AvgIpc) is 3.29. The topological polar surface area (TPSA) is 92.3 Å². The van der Waals surface area contributed by atoms with E-state index in [1.807, 2.05) is 53.1 Å². The number of ether oxygens (including phenoxy) is 2. The second-order valence-corrected chi connectivity index (χ2v) is 7.42. The van der Waals surface area contributed by atoms with E-state index in [1.165, 1.54) is 11.8 Å². The summed E-state index contributed by atoms with van der Waals surface area (Å²) in [4.78, 5) is 11.5. The Hall–Kier alpha value is -3.00. The summed E-state index contributed by atoms with van der Waals surface area (Å²) in [6.45, 7) is 2.52. The van der Waals surface area contributed by atoms with Crippen molar-refractivity contribution < 1.29 is 14.3 Å². The third-order valence-corrected chi connectivity index (χ3v) is 5.31. The Morgan fingerprint density at radius 2 is 1.96 bits per heavy atom. The van der Waals surface area contributed by atoms with Crippen LogP contribution in [0.2, 0.25) is 0 Å². The van der Waals surface area contributed by atoms with Gasteiger partial charge in [-0.3, -0.25) is 9.36 Å². The maximum Gasteiger partial charge on any atom is 0.231 e. The molecule has 0 radical (unpaired) electrons. The van der Waals surface area contributed by atoms with Crippen LogP contribution in [-0.2, 0) is 11.3 Å². The van der Waals surface area contributed by atoms with Gasteiger partial charge in [-0.1, -0.05) is 48.2 Å². The van der Waals surface area contributed by atoms with Gasteiger partial charge in [0.05, 0.1) is 11.8 Å². The van der Waals surface area contributed by atoms with Crippen LogP contribution in [0.25, 0.3) is 11.4 Å². The molecule has 1 aliphatic heterocycles. The van der Waals surface area contributed by atoms with Crippen LogP contribution in [0.4, 0.5) is 0 Å². The molecule has 1 amide bonds. The highest BCUT2D eigenvalue weighted by Gasteiger charge is 2.20. The van der Waals surface area contributed by atoms with Crippen LogP contribution in [0.15, 0.2) is 53.7 Å². The predicted octanol–water partition coefficient (Wildman–Crippen LogP) is 2.69. The molecule has 1 atom stereocenters. The summed E-state index contributed by atoms with van der Waals surface area (Å²) < 4.78 is 12.8. The summed E-state index contributed by atoms with van der Waals surface area (Å²) in [5.41, 5.74) is 7.39. The fourth-order valence-corrected chi connectivity index (χ4v) is 3.56. The molecule has 1 aromatic heterocycles. The zero-order valence-corrected chi connectivity index (χ0v) is 15.5. The lowest BCUT2D eigenvalue weighted by Crippen LogP contribution is -2.23. The SMILES string of the molecule is C[C@H](Sc1nnc(-c2ccccc2)n1Cc1ccc2c(c1)OCO2)C(N)=O. The van der Waals surface area contributed by atoms with E-state index in [2.05, 4.69) is 10.2 Å². The number of hydrogen-bond acceptors (Lipinski definition) is 6. The number of thioether (sulfide) groups is 1. The predicted molar refractivity (Wildman–Crippen MR) is 102 cm³/mol. The van der Waals surface area contributed by atoms with Crippen LogP contribution in [0.1, 0.15) is 12.5 Å². The molecule has 138 valence electrons. The lowest BCUT2D eigenvalue weighted by Gasteiger charge is -2.12. The maximum absolute atomic E-state index is 11.5. The molecule has 0 saturated carbocycles. The van der Waals surface area contributed by atoms with Crippen molar-refractivity contribution in [2.75, 3.05) is 6.79 Å². The Kier molecular flexibility index (Phi) is 4.72. The van der Waals surface area contributed by atoms with Crippen molar-refractivity contribution in [1.29, 1.82) is 0 Å². The van der Waals surface area contributed by atoms with Crippen LogP contribution >= 0.6 is 11.8 Å². The summed E-state index contributed by atoms with van der Waals surface area (Å²) in [5.74, 6) is 1.80. The van der Waals surface area contributed by atoms with E-state index in [4.69, 9.17) is 15.2 Å². The van der Waals surface area contributed by atoms with E-state index in [-0.39, 0.29) is 12.7 Å². The first-order valence-electron chi connectivity index (χ1n) is 8.45. The van der Waals surface area contributed by atoms with Crippen molar-refractivity contribution in [2.24, 2.45) is 5.73 Å². The van der Waals surface area contributed by atoms with Gasteiger partial charge >= 0.3 is 0 Å². The first-order chi connectivity index (χ1) is 13.1. The molecule has 0 spiro atoms. The number of primary amides is 1.